The summed E-state index contributed by atoms with van der Waals surface area (Å²) in [4.78, 5) is 13.0. The van der Waals surface area contributed by atoms with Crippen LogP contribution in [0.15, 0.2) is 41.4 Å². The number of rotatable bonds is 5. The zero-order valence-electron chi connectivity index (χ0n) is 9.65. The van der Waals surface area contributed by atoms with E-state index in [-0.39, 0.29) is 16.4 Å². The Morgan fingerprint density at radius 3 is 2.24 bits per heavy atom. The van der Waals surface area contributed by atoms with Crippen molar-refractivity contribution in [1.82, 2.24) is 10.3 Å². The van der Waals surface area contributed by atoms with E-state index in [1.165, 1.54) is 19.1 Å². The molecule has 0 spiro atoms. The Labute approximate surface area is 101 Å². The monoisotopic (exact) mass is 254 g/mol. The van der Waals surface area contributed by atoms with Gasteiger partial charge in [0.2, 0.25) is 0 Å². The van der Waals surface area contributed by atoms with Gasteiger partial charge in [0.05, 0.1) is 10.6 Å². The fraction of sp³-hybridized carbons (Fsp3) is 0.182. The maximum absolute atomic E-state index is 11.7. The second-order valence-corrected chi connectivity index (χ2v) is 5.26. The van der Waals surface area contributed by atoms with Crippen molar-refractivity contribution in [3.8, 4) is 0 Å². The molecule has 17 heavy (non-hydrogen) atoms. The molecule has 92 valence electrons. The molecule has 0 radical (unpaired) electrons. The molecule has 0 aromatic heterocycles. The quantitative estimate of drug-likeness (QED) is 0.604. The number of benzene rings is 1. The fourth-order valence-electron chi connectivity index (χ4n) is 0.993. The van der Waals surface area contributed by atoms with Crippen LogP contribution in [0.3, 0.4) is 0 Å². The summed E-state index contributed by atoms with van der Waals surface area (Å²) < 4.78 is 23.5. The van der Waals surface area contributed by atoms with Gasteiger partial charge in [-0.15, -0.1) is 4.83 Å². The summed E-state index contributed by atoms with van der Waals surface area (Å²) in [6.07, 6.45) is 0. The summed E-state index contributed by atoms with van der Waals surface area (Å²) in [7, 11) is -3.68. The number of carbonyl (C=O) groups excluding carboxylic acids is 1. The third kappa shape index (κ3) is 3.69. The van der Waals surface area contributed by atoms with E-state index >= 15 is 0 Å². The Balaban J connectivity index is 2.79. The van der Waals surface area contributed by atoms with E-state index in [0.717, 1.165) is 5.56 Å². The predicted octanol–water partition coefficient (Wildman–Crippen LogP) is 0.881. The van der Waals surface area contributed by atoms with Crippen molar-refractivity contribution in [2.24, 2.45) is 0 Å². The van der Waals surface area contributed by atoms with Gasteiger partial charge in [0, 0.05) is 6.92 Å². The molecule has 1 aromatic rings. The van der Waals surface area contributed by atoms with Gasteiger partial charge in [0.15, 0.2) is 5.78 Å². The van der Waals surface area contributed by atoms with Gasteiger partial charge in [-0.2, -0.15) is 0 Å². The molecular weight excluding hydrogens is 240 g/mol. The lowest BCUT2D eigenvalue weighted by Crippen LogP contribution is -2.38. The third-order valence-electron chi connectivity index (χ3n) is 2.09. The van der Waals surface area contributed by atoms with E-state index in [1.807, 2.05) is 6.92 Å². The standard InChI is InChI=1S/C11H14N2O3S/c1-8-4-6-11(7-5-8)17(15,16)13-12-9(2)10(3)14/h4-7,12-13H,2H2,1,3H3. The summed E-state index contributed by atoms with van der Waals surface area (Å²) in [5, 5.41) is 0. The van der Waals surface area contributed by atoms with Gasteiger partial charge in [0.1, 0.15) is 0 Å². The highest BCUT2D eigenvalue weighted by Crippen LogP contribution is 2.09. The molecule has 0 aliphatic carbocycles. The number of ketones is 1. The molecule has 0 aliphatic rings. The largest absolute Gasteiger partial charge is 0.305 e. The average molecular weight is 254 g/mol. The molecule has 1 rings (SSSR count). The number of hydrogen-bond acceptors (Lipinski definition) is 4. The molecule has 0 unspecified atom stereocenters. The number of carbonyl (C=O) groups is 1. The molecule has 0 saturated carbocycles. The fourth-order valence-corrected chi connectivity index (χ4v) is 1.86. The van der Waals surface area contributed by atoms with Crippen LogP contribution in [0, 0.1) is 6.92 Å². The Morgan fingerprint density at radius 1 is 1.24 bits per heavy atom. The van der Waals surface area contributed by atoms with Crippen LogP contribution in [0.5, 0.6) is 0 Å². The van der Waals surface area contributed by atoms with Gasteiger partial charge in [0.25, 0.3) is 10.0 Å². The van der Waals surface area contributed by atoms with E-state index in [4.69, 9.17) is 0 Å². The minimum absolute atomic E-state index is 0.0133. The van der Waals surface area contributed by atoms with Gasteiger partial charge < -0.3 is 5.43 Å². The second-order valence-electron chi connectivity index (χ2n) is 3.58. The zero-order valence-corrected chi connectivity index (χ0v) is 10.5. The molecule has 0 atom stereocenters. The van der Waals surface area contributed by atoms with Crippen LogP contribution in [0.2, 0.25) is 0 Å². The van der Waals surface area contributed by atoms with Crippen molar-refractivity contribution >= 4 is 15.8 Å². The first-order valence-electron chi connectivity index (χ1n) is 4.87. The maximum atomic E-state index is 11.7. The average Bonchev–Trinajstić information content (AvgIpc) is 2.26. The Kier molecular flexibility index (Phi) is 4.03. The van der Waals surface area contributed by atoms with Crippen molar-refractivity contribution in [1.29, 1.82) is 0 Å². The molecular formula is C11H14N2O3S. The predicted molar refractivity (Wildman–Crippen MR) is 64.5 cm³/mol. The van der Waals surface area contributed by atoms with Crippen LogP contribution < -0.4 is 10.3 Å². The number of allylic oxidation sites excluding steroid dienone is 1. The molecule has 2 N–H and O–H groups in total. The number of hydrogen-bond donors (Lipinski definition) is 2. The van der Waals surface area contributed by atoms with Crippen molar-refractivity contribution in [2.75, 3.05) is 0 Å². The van der Waals surface area contributed by atoms with Gasteiger partial charge in [-0.3, -0.25) is 4.79 Å². The summed E-state index contributed by atoms with van der Waals surface area (Å²) in [5.74, 6) is -0.336. The minimum Gasteiger partial charge on any atom is -0.305 e. The van der Waals surface area contributed by atoms with E-state index in [0.29, 0.717) is 0 Å². The van der Waals surface area contributed by atoms with Gasteiger partial charge in [-0.1, -0.05) is 24.3 Å². The van der Waals surface area contributed by atoms with Crippen LogP contribution in [0.4, 0.5) is 0 Å². The van der Waals surface area contributed by atoms with Crippen LogP contribution in [-0.2, 0) is 14.8 Å². The highest BCUT2D eigenvalue weighted by Gasteiger charge is 2.13. The highest BCUT2D eigenvalue weighted by molar-refractivity contribution is 7.89. The smallest absolute Gasteiger partial charge is 0.257 e. The Hall–Kier alpha value is -1.66. The first-order chi connectivity index (χ1) is 7.83. The van der Waals surface area contributed by atoms with Crippen LogP contribution in [-0.4, -0.2) is 14.2 Å². The first kappa shape index (κ1) is 13.4. The summed E-state index contributed by atoms with van der Waals surface area (Å²) in [5.41, 5.74) is 3.20. The lowest BCUT2D eigenvalue weighted by Gasteiger charge is -2.09. The number of nitrogens with one attached hydrogen (secondary N) is 2. The normalized spacial score (nSPS) is 10.9. The van der Waals surface area contributed by atoms with Gasteiger partial charge in [-0.25, -0.2) is 8.42 Å². The van der Waals surface area contributed by atoms with Gasteiger partial charge in [-0.05, 0) is 19.1 Å². The van der Waals surface area contributed by atoms with E-state index in [1.54, 1.807) is 12.1 Å². The molecule has 0 amide bonds. The highest BCUT2D eigenvalue weighted by atomic mass is 32.2. The van der Waals surface area contributed by atoms with Crippen LogP contribution in [0.25, 0.3) is 0 Å². The molecule has 0 heterocycles. The molecule has 0 bridgehead atoms. The molecule has 0 aliphatic heterocycles. The minimum atomic E-state index is -3.68. The first-order valence-corrected chi connectivity index (χ1v) is 6.35. The molecule has 5 nitrogen and oxygen atoms in total. The van der Waals surface area contributed by atoms with Crippen molar-refractivity contribution in [3.05, 3.63) is 42.1 Å². The number of Topliss-reactive ketones (excluding diaryl/α,β-unsaturated/α-hetero) is 1. The van der Waals surface area contributed by atoms with E-state index in [2.05, 4.69) is 16.8 Å². The van der Waals surface area contributed by atoms with E-state index in [9.17, 15) is 13.2 Å². The van der Waals surface area contributed by atoms with Crippen molar-refractivity contribution in [3.63, 3.8) is 0 Å². The maximum Gasteiger partial charge on any atom is 0.257 e. The second kappa shape index (κ2) is 5.11. The summed E-state index contributed by atoms with van der Waals surface area (Å²) >= 11 is 0. The van der Waals surface area contributed by atoms with Crippen LogP contribution >= 0.6 is 0 Å². The molecule has 0 fully saturated rings. The number of hydrazine groups is 1. The SMILES string of the molecule is C=C(NNS(=O)(=O)c1ccc(C)cc1)C(C)=O. The molecule has 0 saturated heterocycles. The lowest BCUT2D eigenvalue weighted by molar-refractivity contribution is -0.113. The van der Waals surface area contributed by atoms with Crippen LogP contribution in [0.1, 0.15) is 12.5 Å². The van der Waals surface area contributed by atoms with Crippen molar-refractivity contribution in [2.45, 2.75) is 18.7 Å². The topological polar surface area (TPSA) is 75.3 Å². The van der Waals surface area contributed by atoms with Crippen molar-refractivity contribution < 1.29 is 13.2 Å². The number of aryl methyl sites for hydroxylation is 1. The Morgan fingerprint density at radius 2 is 1.76 bits per heavy atom. The number of sulfonamides is 1. The molecule has 1 aromatic carbocycles. The summed E-state index contributed by atoms with van der Waals surface area (Å²) in [6, 6.07) is 6.34. The zero-order chi connectivity index (χ0) is 13.1. The lowest BCUT2D eigenvalue weighted by atomic mass is 10.2. The van der Waals surface area contributed by atoms with Gasteiger partial charge >= 0.3 is 0 Å². The Bertz CT molecular complexity index is 532. The molecule has 6 heteroatoms. The summed E-state index contributed by atoms with van der Waals surface area (Å²) in [6.45, 7) is 6.53. The third-order valence-corrected chi connectivity index (χ3v) is 3.36. The van der Waals surface area contributed by atoms with E-state index < -0.39 is 10.0 Å².